The van der Waals surface area contributed by atoms with E-state index in [1.807, 2.05) is 52.8 Å². The van der Waals surface area contributed by atoms with Crippen LogP contribution in [0.5, 0.6) is 0 Å². The maximum atomic E-state index is 14.3. The zero-order valence-corrected chi connectivity index (χ0v) is 23.7. The van der Waals surface area contributed by atoms with Gasteiger partial charge in [0.25, 0.3) is 0 Å². The number of rotatable bonds is 11. The van der Waals surface area contributed by atoms with Crippen molar-refractivity contribution in [2.75, 3.05) is 0 Å². The number of hydrogen-bond acceptors (Lipinski definition) is 4. The molecule has 1 aliphatic rings. The van der Waals surface area contributed by atoms with Crippen molar-refractivity contribution in [1.29, 1.82) is 0 Å². The molecule has 1 aliphatic carbocycles. The van der Waals surface area contributed by atoms with E-state index in [1.54, 1.807) is 25.7 Å². The van der Waals surface area contributed by atoms with Crippen molar-refractivity contribution in [2.45, 2.75) is 124 Å². The average molecular weight is 502 g/mol. The standard InChI is InChI=1S/C29H47N3O4/c1-10-13-21(6)30-26(33)25(23-19(4)14-12-15-20(23)5)32(22-16-17-22)27(34)24(18(3)11-2)31-28(35)36-29(7,8)9/h12,14-15,18,21-22,24-25H,10-11,13,16-17H2,1-9H3,(H,30,33)(H,31,35). The van der Waals surface area contributed by atoms with Gasteiger partial charge in [0.05, 0.1) is 0 Å². The summed E-state index contributed by atoms with van der Waals surface area (Å²) in [6.07, 6.45) is 3.56. The van der Waals surface area contributed by atoms with Gasteiger partial charge in [-0.3, -0.25) is 9.59 Å². The first-order valence-electron chi connectivity index (χ1n) is 13.5. The number of hydrogen-bond donors (Lipinski definition) is 2. The molecule has 202 valence electrons. The van der Waals surface area contributed by atoms with Crippen LogP contribution in [0.4, 0.5) is 4.79 Å². The van der Waals surface area contributed by atoms with E-state index in [0.717, 1.165) is 42.4 Å². The summed E-state index contributed by atoms with van der Waals surface area (Å²) in [6, 6.07) is 4.34. The molecule has 2 N–H and O–H groups in total. The Balaban J connectivity index is 2.53. The Morgan fingerprint density at radius 3 is 2.11 bits per heavy atom. The van der Waals surface area contributed by atoms with Gasteiger partial charge in [-0.2, -0.15) is 0 Å². The molecule has 4 unspecified atom stereocenters. The first-order valence-corrected chi connectivity index (χ1v) is 13.5. The summed E-state index contributed by atoms with van der Waals surface area (Å²) in [7, 11) is 0. The van der Waals surface area contributed by atoms with Crippen molar-refractivity contribution in [2.24, 2.45) is 5.92 Å². The van der Waals surface area contributed by atoms with Crippen molar-refractivity contribution < 1.29 is 19.1 Å². The molecule has 36 heavy (non-hydrogen) atoms. The topological polar surface area (TPSA) is 87.7 Å². The van der Waals surface area contributed by atoms with Crippen molar-refractivity contribution >= 4 is 17.9 Å². The van der Waals surface area contributed by atoms with Crippen LogP contribution in [-0.4, -0.2) is 46.5 Å². The summed E-state index contributed by atoms with van der Waals surface area (Å²) in [6.45, 7) is 17.4. The van der Waals surface area contributed by atoms with Gasteiger partial charge in [0, 0.05) is 12.1 Å². The van der Waals surface area contributed by atoms with Crippen LogP contribution in [0.15, 0.2) is 18.2 Å². The van der Waals surface area contributed by atoms with Crippen LogP contribution in [0.3, 0.4) is 0 Å². The third-order valence-corrected chi connectivity index (χ3v) is 6.80. The van der Waals surface area contributed by atoms with Gasteiger partial charge in [-0.15, -0.1) is 0 Å². The first-order chi connectivity index (χ1) is 16.8. The maximum Gasteiger partial charge on any atom is 0.408 e. The monoisotopic (exact) mass is 501 g/mol. The molecule has 0 aromatic heterocycles. The molecule has 7 heteroatoms. The molecule has 0 spiro atoms. The van der Waals surface area contributed by atoms with Crippen LogP contribution in [-0.2, 0) is 14.3 Å². The Labute approximate surface area is 217 Å². The van der Waals surface area contributed by atoms with E-state index in [1.165, 1.54) is 0 Å². The molecule has 1 aromatic rings. The van der Waals surface area contributed by atoms with Gasteiger partial charge in [0.2, 0.25) is 11.8 Å². The SMILES string of the molecule is CCCC(C)NC(=O)C(c1c(C)cccc1C)N(C(=O)C(NC(=O)OC(C)(C)C)C(C)CC)C1CC1. The Bertz CT molecular complexity index is 899. The Kier molecular flexibility index (Phi) is 10.4. The van der Waals surface area contributed by atoms with Gasteiger partial charge < -0.3 is 20.3 Å². The second-order valence-corrected chi connectivity index (χ2v) is 11.4. The third kappa shape index (κ3) is 7.97. The van der Waals surface area contributed by atoms with E-state index in [-0.39, 0.29) is 29.8 Å². The molecule has 0 radical (unpaired) electrons. The second-order valence-electron chi connectivity index (χ2n) is 11.4. The number of nitrogens with one attached hydrogen (secondary N) is 2. The van der Waals surface area contributed by atoms with Crippen LogP contribution in [0.2, 0.25) is 0 Å². The van der Waals surface area contributed by atoms with E-state index in [9.17, 15) is 14.4 Å². The summed E-state index contributed by atoms with van der Waals surface area (Å²) in [4.78, 5) is 42.6. The van der Waals surface area contributed by atoms with Crippen molar-refractivity contribution in [1.82, 2.24) is 15.5 Å². The molecule has 0 bridgehead atoms. The molecular formula is C29H47N3O4. The molecule has 1 saturated carbocycles. The van der Waals surface area contributed by atoms with Gasteiger partial charge in [0.1, 0.15) is 17.7 Å². The van der Waals surface area contributed by atoms with Crippen LogP contribution in [0.1, 0.15) is 103 Å². The number of carbonyl (C=O) groups excluding carboxylic acids is 3. The highest BCUT2D eigenvalue weighted by Gasteiger charge is 2.45. The molecule has 7 nitrogen and oxygen atoms in total. The zero-order chi connectivity index (χ0) is 27.2. The predicted octanol–water partition coefficient (Wildman–Crippen LogP) is 5.58. The molecule has 0 saturated heterocycles. The summed E-state index contributed by atoms with van der Waals surface area (Å²) in [5, 5.41) is 6.00. The lowest BCUT2D eigenvalue weighted by Crippen LogP contribution is -2.56. The lowest BCUT2D eigenvalue weighted by molar-refractivity contribution is -0.144. The van der Waals surface area contributed by atoms with Gasteiger partial charge in [0.15, 0.2) is 0 Å². The van der Waals surface area contributed by atoms with E-state index in [4.69, 9.17) is 4.74 Å². The molecule has 0 heterocycles. The van der Waals surface area contributed by atoms with Crippen LogP contribution < -0.4 is 10.6 Å². The maximum absolute atomic E-state index is 14.3. The fraction of sp³-hybridized carbons (Fsp3) is 0.690. The number of amides is 3. The molecule has 1 aromatic carbocycles. The number of aryl methyl sites for hydroxylation is 2. The van der Waals surface area contributed by atoms with Gasteiger partial charge in [-0.1, -0.05) is 51.8 Å². The molecular weight excluding hydrogens is 454 g/mol. The molecule has 4 atom stereocenters. The summed E-state index contributed by atoms with van der Waals surface area (Å²) in [5.41, 5.74) is 2.12. The van der Waals surface area contributed by atoms with Crippen LogP contribution in [0.25, 0.3) is 0 Å². The molecule has 1 fully saturated rings. The fourth-order valence-corrected chi connectivity index (χ4v) is 4.63. The number of carbonyl (C=O) groups is 3. The van der Waals surface area contributed by atoms with Gasteiger partial charge in [-0.25, -0.2) is 4.79 Å². The first kappa shape index (κ1) is 29.7. The molecule has 3 amide bonds. The minimum atomic E-state index is -0.793. The summed E-state index contributed by atoms with van der Waals surface area (Å²) in [5.74, 6) is -0.538. The number of alkyl carbamates (subject to hydrolysis) is 1. The fourth-order valence-electron chi connectivity index (χ4n) is 4.63. The molecule has 0 aliphatic heterocycles. The Hall–Kier alpha value is -2.57. The lowest BCUT2D eigenvalue weighted by atomic mass is 9.91. The Morgan fingerprint density at radius 2 is 1.64 bits per heavy atom. The number of nitrogens with zero attached hydrogens (tertiary/aromatic N) is 1. The highest BCUT2D eigenvalue weighted by molar-refractivity contribution is 5.93. The van der Waals surface area contributed by atoms with Crippen LogP contribution in [0, 0.1) is 19.8 Å². The lowest BCUT2D eigenvalue weighted by Gasteiger charge is -2.37. The van der Waals surface area contributed by atoms with Crippen molar-refractivity contribution in [3.63, 3.8) is 0 Å². The smallest absolute Gasteiger partial charge is 0.408 e. The highest BCUT2D eigenvalue weighted by atomic mass is 16.6. The van der Waals surface area contributed by atoms with E-state index in [0.29, 0.717) is 6.42 Å². The Morgan fingerprint density at radius 1 is 1.06 bits per heavy atom. The summed E-state index contributed by atoms with van der Waals surface area (Å²) >= 11 is 0. The van der Waals surface area contributed by atoms with Crippen molar-refractivity contribution in [3.8, 4) is 0 Å². The van der Waals surface area contributed by atoms with E-state index in [2.05, 4.69) is 17.6 Å². The van der Waals surface area contributed by atoms with Gasteiger partial charge in [-0.05, 0) is 83.4 Å². The molecule has 2 rings (SSSR count). The predicted molar refractivity (Wildman–Crippen MR) is 144 cm³/mol. The largest absolute Gasteiger partial charge is 0.444 e. The zero-order valence-electron chi connectivity index (χ0n) is 23.7. The average Bonchev–Trinajstić information content (AvgIpc) is 3.59. The highest BCUT2D eigenvalue weighted by Crippen LogP contribution is 2.38. The van der Waals surface area contributed by atoms with Crippen molar-refractivity contribution in [3.05, 3.63) is 34.9 Å². The van der Waals surface area contributed by atoms with E-state index >= 15 is 0 Å². The quantitative estimate of drug-likeness (QED) is 0.414. The van der Waals surface area contributed by atoms with Gasteiger partial charge >= 0.3 is 6.09 Å². The number of ether oxygens (including phenoxy) is 1. The minimum Gasteiger partial charge on any atom is -0.444 e. The number of benzene rings is 1. The third-order valence-electron chi connectivity index (χ3n) is 6.80. The normalized spacial score (nSPS) is 16.9. The van der Waals surface area contributed by atoms with Crippen LogP contribution >= 0.6 is 0 Å². The van der Waals surface area contributed by atoms with E-state index < -0.39 is 23.8 Å². The minimum absolute atomic E-state index is 0.00395. The summed E-state index contributed by atoms with van der Waals surface area (Å²) < 4.78 is 5.48. The second kappa shape index (κ2) is 12.6.